The number of hydrogen-bond donors (Lipinski definition) is 1. The first-order valence-corrected chi connectivity index (χ1v) is 7.51. The van der Waals surface area contributed by atoms with Gasteiger partial charge < -0.3 is 5.11 Å². The molecule has 0 aliphatic carbocycles. The molecule has 2 aromatic rings. The van der Waals surface area contributed by atoms with Gasteiger partial charge in [0.2, 0.25) is 5.12 Å². The van der Waals surface area contributed by atoms with E-state index in [4.69, 9.17) is 0 Å². The van der Waals surface area contributed by atoms with E-state index in [9.17, 15) is 9.90 Å². The van der Waals surface area contributed by atoms with Gasteiger partial charge in [0, 0.05) is 11.3 Å². The summed E-state index contributed by atoms with van der Waals surface area (Å²) in [6.45, 7) is 5.53. The van der Waals surface area contributed by atoms with Gasteiger partial charge in [0.15, 0.2) is 5.70 Å². The van der Waals surface area contributed by atoms with Crippen molar-refractivity contribution in [3.05, 3.63) is 47.9 Å². The van der Waals surface area contributed by atoms with Gasteiger partial charge in [-0.15, -0.1) is 0 Å². The summed E-state index contributed by atoms with van der Waals surface area (Å²) in [5.74, 6) is 0.0864. The number of rotatable bonds is 2. The Morgan fingerprint density at radius 1 is 1.24 bits per heavy atom. The van der Waals surface area contributed by atoms with Crippen LogP contribution in [0.3, 0.4) is 0 Å². The van der Waals surface area contributed by atoms with Gasteiger partial charge in [-0.25, -0.2) is 4.68 Å². The zero-order valence-electron chi connectivity index (χ0n) is 12.1. The van der Waals surface area contributed by atoms with Crippen molar-refractivity contribution in [3.63, 3.8) is 0 Å². The van der Waals surface area contributed by atoms with Crippen molar-refractivity contribution in [1.82, 2.24) is 9.78 Å². The van der Waals surface area contributed by atoms with Gasteiger partial charge in [-0.05, 0) is 26.8 Å². The number of benzene rings is 1. The van der Waals surface area contributed by atoms with Gasteiger partial charge in [-0.2, -0.15) is 5.10 Å². The highest BCUT2D eigenvalue weighted by Gasteiger charge is 2.41. The molecule has 0 spiro atoms. The lowest BCUT2D eigenvalue weighted by atomic mass is 10.1. The van der Waals surface area contributed by atoms with Crippen LogP contribution in [0.15, 0.2) is 42.2 Å². The molecule has 21 heavy (non-hydrogen) atoms. The maximum absolute atomic E-state index is 12.2. The second-order valence-corrected chi connectivity index (χ2v) is 7.14. The number of carbonyl (C=O) groups is 1. The fourth-order valence-corrected chi connectivity index (χ4v) is 3.28. The van der Waals surface area contributed by atoms with E-state index in [-0.39, 0.29) is 16.6 Å². The molecule has 1 aliphatic rings. The first kappa shape index (κ1) is 13.9. The fourth-order valence-electron chi connectivity index (χ4n) is 2.35. The number of nitrogens with zero attached hydrogens (tertiary/aromatic N) is 2. The Hall–Kier alpha value is -2.01. The summed E-state index contributed by atoms with van der Waals surface area (Å²) < 4.78 is 0.944. The number of aliphatic hydroxyl groups excluding tert-OH is 1. The third-order valence-corrected chi connectivity index (χ3v) is 4.59. The Kier molecular flexibility index (Phi) is 3.17. The van der Waals surface area contributed by atoms with E-state index in [1.54, 1.807) is 4.68 Å². The lowest BCUT2D eigenvalue weighted by Gasteiger charge is -2.14. The van der Waals surface area contributed by atoms with E-state index < -0.39 is 4.75 Å². The molecule has 0 fully saturated rings. The average Bonchev–Trinajstić information content (AvgIpc) is 2.90. The lowest BCUT2D eigenvalue weighted by molar-refractivity contribution is -0.106. The van der Waals surface area contributed by atoms with Crippen LogP contribution < -0.4 is 0 Å². The zero-order valence-corrected chi connectivity index (χ0v) is 12.9. The van der Waals surface area contributed by atoms with E-state index in [2.05, 4.69) is 5.10 Å². The van der Waals surface area contributed by atoms with E-state index in [1.165, 1.54) is 0 Å². The highest BCUT2D eigenvalue weighted by molar-refractivity contribution is 8.16. The van der Waals surface area contributed by atoms with Gasteiger partial charge in [0.05, 0.1) is 10.4 Å². The van der Waals surface area contributed by atoms with Crippen LogP contribution in [0.25, 0.3) is 17.0 Å². The molecular weight excluding hydrogens is 284 g/mol. The summed E-state index contributed by atoms with van der Waals surface area (Å²) in [5.41, 5.74) is 2.86. The second-order valence-electron chi connectivity index (χ2n) is 5.55. The maximum atomic E-state index is 12.2. The largest absolute Gasteiger partial charge is 0.508 e. The SMILES string of the molecule is Cc1cc(-c2ccccc2)nn1C1=C(O)C(C)(C)SC1=O. The molecule has 108 valence electrons. The minimum atomic E-state index is -0.599. The molecule has 2 heterocycles. The molecule has 0 unspecified atom stereocenters. The van der Waals surface area contributed by atoms with Crippen LogP contribution in [0.5, 0.6) is 0 Å². The Bertz CT molecular complexity index is 745. The molecule has 4 nitrogen and oxygen atoms in total. The smallest absolute Gasteiger partial charge is 0.242 e. The predicted octanol–water partition coefficient (Wildman–Crippen LogP) is 3.64. The zero-order chi connectivity index (χ0) is 15.2. The fraction of sp³-hybridized carbons (Fsp3) is 0.250. The number of aromatic nitrogens is 2. The van der Waals surface area contributed by atoms with Gasteiger partial charge in [0.25, 0.3) is 0 Å². The third kappa shape index (κ3) is 2.27. The third-order valence-electron chi connectivity index (χ3n) is 3.50. The molecule has 0 saturated carbocycles. The Balaban J connectivity index is 2.11. The summed E-state index contributed by atoms with van der Waals surface area (Å²) in [6, 6.07) is 11.7. The summed E-state index contributed by atoms with van der Waals surface area (Å²) in [5, 5.41) is 14.7. The first-order chi connectivity index (χ1) is 9.90. The van der Waals surface area contributed by atoms with Crippen LogP contribution in [0.2, 0.25) is 0 Å². The van der Waals surface area contributed by atoms with Crippen LogP contribution >= 0.6 is 11.8 Å². The van der Waals surface area contributed by atoms with E-state index in [0.717, 1.165) is 28.7 Å². The molecule has 5 heteroatoms. The monoisotopic (exact) mass is 300 g/mol. The molecule has 3 rings (SSSR count). The van der Waals surface area contributed by atoms with Gasteiger partial charge in [0.1, 0.15) is 5.76 Å². The van der Waals surface area contributed by atoms with Crippen molar-refractivity contribution in [2.75, 3.05) is 0 Å². The normalized spacial score (nSPS) is 17.6. The number of thioether (sulfide) groups is 1. The van der Waals surface area contributed by atoms with E-state index in [1.807, 2.05) is 57.2 Å². The molecule has 0 amide bonds. The molecule has 1 N–H and O–H groups in total. The highest BCUT2D eigenvalue weighted by Crippen LogP contribution is 2.43. The molecular formula is C16H16N2O2S. The number of aryl methyl sites for hydroxylation is 1. The van der Waals surface area contributed by atoms with E-state index in [0.29, 0.717) is 0 Å². The molecule has 1 aromatic heterocycles. The van der Waals surface area contributed by atoms with Crippen molar-refractivity contribution in [1.29, 1.82) is 0 Å². The number of hydrogen-bond acceptors (Lipinski definition) is 4. The van der Waals surface area contributed by atoms with Gasteiger partial charge in [-0.3, -0.25) is 4.79 Å². The van der Waals surface area contributed by atoms with Crippen molar-refractivity contribution in [2.24, 2.45) is 0 Å². The average molecular weight is 300 g/mol. The van der Waals surface area contributed by atoms with Gasteiger partial charge in [-0.1, -0.05) is 42.1 Å². The molecule has 1 aromatic carbocycles. The summed E-state index contributed by atoms with van der Waals surface area (Å²) >= 11 is 1.12. The van der Waals surface area contributed by atoms with E-state index >= 15 is 0 Å². The molecule has 1 aliphatic heterocycles. The van der Waals surface area contributed by atoms with Crippen LogP contribution in [-0.2, 0) is 4.79 Å². The van der Waals surface area contributed by atoms with Crippen LogP contribution in [0, 0.1) is 6.92 Å². The predicted molar refractivity (Wildman–Crippen MR) is 84.9 cm³/mol. The Labute approximate surface area is 127 Å². The van der Waals surface area contributed by atoms with Crippen molar-refractivity contribution >= 4 is 22.6 Å². The Morgan fingerprint density at radius 2 is 1.90 bits per heavy atom. The van der Waals surface area contributed by atoms with Crippen LogP contribution in [0.4, 0.5) is 0 Å². The minimum absolute atomic E-state index is 0.0864. The van der Waals surface area contributed by atoms with Crippen LogP contribution in [0.1, 0.15) is 19.5 Å². The summed E-state index contributed by atoms with van der Waals surface area (Å²) in [4.78, 5) is 12.2. The number of aliphatic hydroxyl groups is 1. The second kappa shape index (κ2) is 4.77. The Morgan fingerprint density at radius 3 is 2.48 bits per heavy atom. The minimum Gasteiger partial charge on any atom is -0.508 e. The highest BCUT2D eigenvalue weighted by atomic mass is 32.2. The number of carbonyl (C=O) groups excluding carboxylic acids is 1. The molecule has 0 saturated heterocycles. The van der Waals surface area contributed by atoms with Crippen molar-refractivity contribution in [3.8, 4) is 11.3 Å². The van der Waals surface area contributed by atoms with Crippen molar-refractivity contribution < 1.29 is 9.90 Å². The molecule has 0 radical (unpaired) electrons. The van der Waals surface area contributed by atoms with Crippen LogP contribution in [-0.4, -0.2) is 24.7 Å². The maximum Gasteiger partial charge on any atom is 0.242 e. The lowest BCUT2D eigenvalue weighted by Crippen LogP contribution is -2.15. The molecule has 0 atom stereocenters. The van der Waals surface area contributed by atoms with Crippen molar-refractivity contribution in [2.45, 2.75) is 25.5 Å². The first-order valence-electron chi connectivity index (χ1n) is 6.69. The molecule has 0 bridgehead atoms. The standard InChI is InChI=1S/C16H16N2O2S/c1-10-9-12(11-7-5-4-6-8-11)17-18(10)13-14(19)16(2,3)21-15(13)20/h4-9,19H,1-3H3. The van der Waals surface area contributed by atoms with Gasteiger partial charge >= 0.3 is 0 Å². The quantitative estimate of drug-likeness (QED) is 0.920. The summed E-state index contributed by atoms with van der Waals surface area (Å²) in [7, 11) is 0. The topological polar surface area (TPSA) is 55.1 Å². The summed E-state index contributed by atoms with van der Waals surface area (Å²) in [6.07, 6.45) is 0.